The van der Waals surface area contributed by atoms with Gasteiger partial charge in [-0.25, -0.2) is 0 Å². The molecule has 3 heteroatoms. The molecule has 1 heterocycles. The third-order valence-corrected chi connectivity index (χ3v) is 3.41. The van der Waals surface area contributed by atoms with Gasteiger partial charge in [0.25, 0.3) is 0 Å². The Balaban J connectivity index is 2.58. The van der Waals surface area contributed by atoms with Crippen molar-refractivity contribution in [1.82, 2.24) is 10.2 Å². The molecule has 3 nitrogen and oxygen atoms in total. The number of furan rings is 1. The van der Waals surface area contributed by atoms with Gasteiger partial charge in [0.15, 0.2) is 0 Å². The number of nitrogens with zero attached hydrogens (tertiary/aromatic N) is 1. The Morgan fingerprint density at radius 2 is 2.06 bits per heavy atom. The second-order valence-corrected chi connectivity index (χ2v) is 5.91. The minimum absolute atomic E-state index is 0.287. The highest BCUT2D eigenvalue weighted by Crippen LogP contribution is 2.24. The van der Waals surface area contributed by atoms with Crippen molar-refractivity contribution >= 4 is 0 Å². The van der Waals surface area contributed by atoms with E-state index in [0.717, 1.165) is 18.8 Å². The van der Waals surface area contributed by atoms with E-state index < -0.39 is 0 Å². The molecule has 0 saturated heterocycles. The largest absolute Gasteiger partial charge is 0.468 e. The average molecular weight is 238 g/mol. The monoisotopic (exact) mass is 238 g/mol. The summed E-state index contributed by atoms with van der Waals surface area (Å²) in [6.07, 6.45) is 1.83. The molecule has 0 bridgehead atoms. The van der Waals surface area contributed by atoms with E-state index in [-0.39, 0.29) is 5.41 Å². The molecule has 1 rings (SSSR count). The van der Waals surface area contributed by atoms with E-state index in [9.17, 15) is 0 Å². The van der Waals surface area contributed by atoms with Crippen LogP contribution in [0.3, 0.4) is 0 Å². The second-order valence-electron chi connectivity index (χ2n) is 5.91. The maximum absolute atomic E-state index is 5.57. The van der Waals surface area contributed by atoms with E-state index in [4.69, 9.17) is 4.42 Å². The summed E-state index contributed by atoms with van der Waals surface area (Å²) < 4.78 is 5.57. The normalized spacial score (nSPS) is 14.3. The van der Waals surface area contributed by atoms with E-state index in [1.807, 2.05) is 13.3 Å². The summed E-state index contributed by atoms with van der Waals surface area (Å²) in [7, 11) is 4.09. The molecule has 0 amide bonds. The van der Waals surface area contributed by atoms with Gasteiger partial charge in [0.05, 0.1) is 12.8 Å². The highest BCUT2D eigenvalue weighted by atomic mass is 16.3. The van der Waals surface area contributed by atoms with Gasteiger partial charge in [-0.2, -0.15) is 0 Å². The van der Waals surface area contributed by atoms with Gasteiger partial charge in [0.1, 0.15) is 5.76 Å². The molecular weight excluding hydrogens is 212 g/mol. The van der Waals surface area contributed by atoms with Gasteiger partial charge in [0.2, 0.25) is 0 Å². The number of nitrogens with one attached hydrogen (secondary N) is 1. The van der Waals surface area contributed by atoms with Gasteiger partial charge >= 0.3 is 0 Å². The SMILES string of the molecule is CNCc1coc(CN(C)C(C)C(C)(C)C)c1. The Morgan fingerprint density at radius 3 is 2.59 bits per heavy atom. The molecule has 0 fully saturated rings. The van der Waals surface area contributed by atoms with Crippen LogP contribution in [0.15, 0.2) is 16.7 Å². The molecule has 1 aromatic heterocycles. The lowest BCUT2D eigenvalue weighted by Crippen LogP contribution is -2.38. The first kappa shape index (κ1) is 14.3. The maximum Gasteiger partial charge on any atom is 0.118 e. The molecule has 0 saturated carbocycles. The van der Waals surface area contributed by atoms with Gasteiger partial charge in [-0.05, 0) is 32.5 Å². The topological polar surface area (TPSA) is 28.4 Å². The van der Waals surface area contributed by atoms with Crippen LogP contribution in [0, 0.1) is 5.41 Å². The zero-order valence-corrected chi connectivity index (χ0v) is 12.0. The van der Waals surface area contributed by atoms with Crippen LogP contribution >= 0.6 is 0 Å². The predicted molar refractivity (Wildman–Crippen MR) is 71.9 cm³/mol. The van der Waals surface area contributed by atoms with Crippen LogP contribution in [0.2, 0.25) is 0 Å². The lowest BCUT2D eigenvalue weighted by atomic mass is 9.87. The van der Waals surface area contributed by atoms with Gasteiger partial charge in [-0.3, -0.25) is 4.90 Å². The smallest absolute Gasteiger partial charge is 0.118 e. The predicted octanol–water partition coefficient (Wildman–Crippen LogP) is 2.87. The van der Waals surface area contributed by atoms with Crippen molar-refractivity contribution in [1.29, 1.82) is 0 Å². The third kappa shape index (κ3) is 4.17. The number of hydrogen-bond donors (Lipinski definition) is 1. The molecular formula is C14H26N2O. The van der Waals surface area contributed by atoms with Gasteiger partial charge in [-0.1, -0.05) is 20.8 Å². The molecule has 0 aliphatic rings. The fraction of sp³-hybridized carbons (Fsp3) is 0.714. The van der Waals surface area contributed by atoms with Crippen molar-refractivity contribution in [2.45, 2.75) is 46.8 Å². The zero-order chi connectivity index (χ0) is 13.1. The van der Waals surface area contributed by atoms with Crippen LogP contribution in [0.5, 0.6) is 0 Å². The number of rotatable bonds is 5. The van der Waals surface area contributed by atoms with Crippen molar-refractivity contribution in [3.63, 3.8) is 0 Å². The first-order chi connectivity index (χ1) is 7.84. The summed E-state index contributed by atoms with van der Waals surface area (Å²) in [4.78, 5) is 2.34. The Labute approximate surface area is 105 Å². The Kier molecular flexibility index (Phi) is 4.78. The summed E-state index contributed by atoms with van der Waals surface area (Å²) in [6, 6.07) is 2.64. The molecule has 1 atom stereocenters. The van der Waals surface area contributed by atoms with E-state index in [0.29, 0.717) is 6.04 Å². The van der Waals surface area contributed by atoms with Crippen LogP contribution in [0.25, 0.3) is 0 Å². The van der Waals surface area contributed by atoms with Crippen molar-refractivity contribution < 1.29 is 4.42 Å². The van der Waals surface area contributed by atoms with Crippen molar-refractivity contribution in [3.05, 3.63) is 23.7 Å². The first-order valence-corrected chi connectivity index (χ1v) is 6.25. The molecule has 0 aliphatic carbocycles. The Morgan fingerprint density at radius 1 is 1.41 bits per heavy atom. The minimum atomic E-state index is 0.287. The van der Waals surface area contributed by atoms with Crippen LogP contribution in [0.1, 0.15) is 39.0 Å². The molecule has 1 unspecified atom stereocenters. The van der Waals surface area contributed by atoms with E-state index in [1.165, 1.54) is 5.56 Å². The highest BCUT2D eigenvalue weighted by molar-refractivity contribution is 5.12. The second kappa shape index (κ2) is 5.69. The van der Waals surface area contributed by atoms with Crippen molar-refractivity contribution in [3.8, 4) is 0 Å². The highest BCUT2D eigenvalue weighted by Gasteiger charge is 2.24. The Bertz CT molecular complexity index is 338. The fourth-order valence-electron chi connectivity index (χ4n) is 1.85. The van der Waals surface area contributed by atoms with E-state index in [2.05, 4.69) is 51.0 Å². The summed E-state index contributed by atoms with van der Waals surface area (Å²) in [5.74, 6) is 1.04. The molecule has 17 heavy (non-hydrogen) atoms. The molecule has 0 aromatic carbocycles. The van der Waals surface area contributed by atoms with Crippen LogP contribution < -0.4 is 5.32 Å². The van der Waals surface area contributed by atoms with Crippen molar-refractivity contribution in [2.24, 2.45) is 5.41 Å². The minimum Gasteiger partial charge on any atom is -0.468 e. The number of hydrogen-bond acceptors (Lipinski definition) is 3. The Hall–Kier alpha value is -0.800. The fourth-order valence-corrected chi connectivity index (χ4v) is 1.85. The summed E-state index contributed by atoms with van der Waals surface area (Å²) in [6.45, 7) is 10.8. The third-order valence-electron chi connectivity index (χ3n) is 3.41. The van der Waals surface area contributed by atoms with Crippen LogP contribution in [-0.2, 0) is 13.1 Å². The van der Waals surface area contributed by atoms with Gasteiger partial charge in [-0.15, -0.1) is 0 Å². The molecule has 98 valence electrons. The van der Waals surface area contributed by atoms with E-state index in [1.54, 1.807) is 0 Å². The summed E-state index contributed by atoms with van der Waals surface area (Å²) in [5, 5.41) is 3.12. The quantitative estimate of drug-likeness (QED) is 0.855. The summed E-state index contributed by atoms with van der Waals surface area (Å²) >= 11 is 0. The van der Waals surface area contributed by atoms with Gasteiger partial charge in [0, 0.05) is 18.2 Å². The van der Waals surface area contributed by atoms with E-state index >= 15 is 0 Å². The van der Waals surface area contributed by atoms with Gasteiger partial charge < -0.3 is 9.73 Å². The lowest BCUT2D eigenvalue weighted by molar-refractivity contribution is 0.127. The van der Waals surface area contributed by atoms with Crippen LogP contribution in [-0.4, -0.2) is 25.0 Å². The average Bonchev–Trinajstić information content (AvgIpc) is 2.63. The molecule has 1 aromatic rings. The molecule has 0 spiro atoms. The molecule has 0 aliphatic heterocycles. The first-order valence-electron chi connectivity index (χ1n) is 6.25. The summed E-state index contributed by atoms with van der Waals surface area (Å²) in [5.41, 5.74) is 1.49. The zero-order valence-electron chi connectivity index (χ0n) is 12.0. The van der Waals surface area contributed by atoms with Crippen molar-refractivity contribution in [2.75, 3.05) is 14.1 Å². The molecule has 0 radical (unpaired) electrons. The standard InChI is InChI=1S/C14H26N2O/c1-11(14(2,3)4)16(6)9-13-7-12(8-15-5)10-17-13/h7,10-11,15H,8-9H2,1-6H3. The maximum atomic E-state index is 5.57. The van der Waals surface area contributed by atoms with Crippen LogP contribution in [0.4, 0.5) is 0 Å². The molecule has 1 N–H and O–H groups in total. The lowest BCUT2D eigenvalue weighted by Gasteiger charge is -2.34.